The predicted molar refractivity (Wildman–Crippen MR) is 181 cm³/mol. The quantitative estimate of drug-likeness (QED) is 0.0653. The predicted octanol–water partition coefficient (Wildman–Crippen LogP) is 9.12. The largest absolute Gasteiger partial charge is 0.411 e. The van der Waals surface area contributed by atoms with Crippen LogP contribution in [0.1, 0.15) is 41.5 Å². The van der Waals surface area contributed by atoms with Gasteiger partial charge in [-0.25, -0.2) is 0 Å². The number of nitrogens with zero attached hydrogens (tertiary/aromatic N) is 3. The van der Waals surface area contributed by atoms with Crippen LogP contribution in [-0.4, -0.2) is 63.4 Å². The van der Waals surface area contributed by atoms with Gasteiger partial charge in [0.1, 0.15) is 12.2 Å². The molecule has 11 heteroatoms. The lowest BCUT2D eigenvalue weighted by atomic mass is 9.95. The van der Waals surface area contributed by atoms with Crippen LogP contribution in [0.5, 0.6) is 0 Å². The van der Waals surface area contributed by atoms with Crippen molar-refractivity contribution in [1.82, 2.24) is 0 Å². The number of hydrogen-bond donors (Lipinski definition) is 1. The molecule has 1 saturated heterocycles. The molecule has 2 aromatic rings. The highest BCUT2D eigenvalue weighted by Crippen LogP contribution is 2.45. The molecule has 0 aromatic heterocycles. The second kappa shape index (κ2) is 14.2. The van der Waals surface area contributed by atoms with Crippen LogP contribution in [0.2, 0.25) is 36.3 Å². The fourth-order valence-electron chi connectivity index (χ4n) is 4.20. The summed E-state index contributed by atoms with van der Waals surface area (Å²) in [5.41, 5.74) is 9.75. The SMILES string of the molecule is CC(C)(C)[Si](C)(C)O[C@@H]1[C@H](N=[N+]=[N-])[C@H](O[Si](C)(C)C(C)(C)C)CO[C@H]1[C@H](O)C(Sc1ccccc1)Sc1ccccc1. The molecular weight excluding hydrogens is 599 g/mol. The lowest BCUT2D eigenvalue weighted by Gasteiger charge is -2.50. The molecule has 0 radical (unpaired) electrons. The zero-order valence-electron chi connectivity index (χ0n) is 26.8. The standard InChI is InChI=1S/C31H49N3O4S2Si2/c1-30(2,3)41(7,8)37-24-21-36-28(27(25(24)33-34-32)38-42(9,10)31(4,5)6)26(35)29(39-22-17-13-11-14-18-22)40-23-19-15-12-16-20-23/h11-20,24-29,35H,21H2,1-10H3/t24-,25-,26+,27-,28+/m1/s1. The van der Waals surface area contributed by atoms with Crippen molar-refractivity contribution in [1.29, 1.82) is 0 Å². The summed E-state index contributed by atoms with van der Waals surface area (Å²) >= 11 is 3.20. The first kappa shape index (κ1) is 35.2. The first-order valence-electron chi connectivity index (χ1n) is 14.6. The van der Waals surface area contributed by atoms with Gasteiger partial charge in [0.25, 0.3) is 0 Å². The maximum atomic E-state index is 12.2. The fraction of sp³-hybridized carbons (Fsp3) is 0.613. The Hall–Kier alpha value is -1.28. The minimum Gasteiger partial charge on any atom is -0.411 e. The number of azide groups is 1. The molecule has 0 saturated carbocycles. The van der Waals surface area contributed by atoms with E-state index < -0.39 is 47.1 Å². The summed E-state index contributed by atoms with van der Waals surface area (Å²) in [6, 6.07) is 19.5. The smallest absolute Gasteiger partial charge is 0.192 e. The van der Waals surface area contributed by atoms with Crippen molar-refractivity contribution in [2.45, 2.75) is 123 Å². The van der Waals surface area contributed by atoms with E-state index in [-0.39, 0.29) is 21.3 Å². The molecule has 0 amide bonds. The topological polar surface area (TPSA) is 96.7 Å². The van der Waals surface area contributed by atoms with Crippen LogP contribution in [0.25, 0.3) is 10.4 Å². The summed E-state index contributed by atoms with van der Waals surface area (Å²) in [6.07, 6.45) is -2.79. The highest BCUT2D eigenvalue weighted by molar-refractivity contribution is 8.17. The van der Waals surface area contributed by atoms with Gasteiger partial charge in [0, 0.05) is 14.7 Å². The van der Waals surface area contributed by atoms with Crippen LogP contribution in [-0.2, 0) is 13.6 Å². The Morgan fingerprint density at radius 3 is 1.74 bits per heavy atom. The number of hydrogen-bond acceptors (Lipinski definition) is 7. The van der Waals surface area contributed by atoms with Gasteiger partial charge >= 0.3 is 0 Å². The zero-order chi connectivity index (χ0) is 31.3. The minimum absolute atomic E-state index is 0.0379. The minimum atomic E-state index is -2.39. The molecule has 1 fully saturated rings. The van der Waals surface area contributed by atoms with Gasteiger partial charge in [-0.3, -0.25) is 0 Å². The molecule has 0 unspecified atom stereocenters. The Morgan fingerprint density at radius 1 is 0.857 bits per heavy atom. The van der Waals surface area contributed by atoms with Crippen LogP contribution in [0.3, 0.4) is 0 Å². The molecule has 2 aromatic carbocycles. The van der Waals surface area contributed by atoms with Crippen molar-refractivity contribution in [2.75, 3.05) is 6.61 Å². The van der Waals surface area contributed by atoms with Gasteiger partial charge in [-0.2, -0.15) is 0 Å². The van der Waals surface area contributed by atoms with Crippen LogP contribution >= 0.6 is 23.5 Å². The van der Waals surface area contributed by atoms with E-state index in [0.29, 0.717) is 0 Å². The first-order valence-corrected chi connectivity index (χ1v) is 22.2. The van der Waals surface area contributed by atoms with E-state index in [1.165, 1.54) is 0 Å². The van der Waals surface area contributed by atoms with Gasteiger partial charge < -0.3 is 18.7 Å². The fourth-order valence-corrected chi connectivity index (χ4v) is 9.43. The summed E-state index contributed by atoms with van der Waals surface area (Å²) in [6.45, 7) is 22.1. The van der Waals surface area contributed by atoms with Gasteiger partial charge in [-0.15, -0.1) is 23.5 Å². The van der Waals surface area contributed by atoms with Crippen molar-refractivity contribution in [3.05, 3.63) is 71.1 Å². The monoisotopic (exact) mass is 647 g/mol. The van der Waals surface area contributed by atoms with Crippen molar-refractivity contribution in [2.24, 2.45) is 5.11 Å². The average molecular weight is 648 g/mol. The third-order valence-corrected chi connectivity index (χ3v) is 20.4. The van der Waals surface area contributed by atoms with Gasteiger partial charge in [0.2, 0.25) is 0 Å². The summed E-state index contributed by atoms with van der Waals surface area (Å²) in [4.78, 5) is 5.37. The average Bonchev–Trinajstić information content (AvgIpc) is 2.89. The Labute approximate surface area is 263 Å². The summed E-state index contributed by atoms with van der Waals surface area (Å²) < 4.78 is 20.1. The molecule has 3 rings (SSSR count). The lowest BCUT2D eigenvalue weighted by molar-refractivity contribution is -0.158. The molecule has 7 nitrogen and oxygen atoms in total. The normalized spacial score (nSPS) is 23.0. The number of benzene rings is 2. The summed E-state index contributed by atoms with van der Waals surface area (Å²) in [7, 11) is -4.63. The maximum absolute atomic E-state index is 12.2. The lowest BCUT2D eigenvalue weighted by Crippen LogP contribution is -2.64. The van der Waals surface area contributed by atoms with E-state index in [9.17, 15) is 10.6 Å². The molecule has 5 atom stereocenters. The van der Waals surface area contributed by atoms with Crippen LogP contribution in [0.15, 0.2) is 75.6 Å². The molecule has 1 N–H and O–H groups in total. The molecule has 0 spiro atoms. The van der Waals surface area contributed by atoms with Crippen molar-refractivity contribution < 1.29 is 18.7 Å². The Balaban J connectivity index is 2.04. The zero-order valence-corrected chi connectivity index (χ0v) is 30.4. The van der Waals surface area contributed by atoms with Gasteiger partial charge in [-0.1, -0.05) is 83.1 Å². The Bertz CT molecular complexity index is 1140. The van der Waals surface area contributed by atoms with E-state index in [2.05, 4.69) is 77.8 Å². The molecule has 0 bridgehead atoms. The molecular formula is C31H49N3O4S2Si2. The van der Waals surface area contributed by atoms with Crippen LogP contribution < -0.4 is 0 Å². The number of aliphatic hydroxyl groups excluding tert-OH is 1. The van der Waals surface area contributed by atoms with E-state index in [1.54, 1.807) is 23.5 Å². The number of rotatable bonds is 11. The van der Waals surface area contributed by atoms with E-state index in [1.807, 2.05) is 60.7 Å². The first-order chi connectivity index (χ1) is 19.5. The highest BCUT2D eigenvalue weighted by atomic mass is 32.2. The van der Waals surface area contributed by atoms with E-state index in [4.69, 9.17) is 13.6 Å². The van der Waals surface area contributed by atoms with Crippen molar-refractivity contribution in [3.63, 3.8) is 0 Å². The molecule has 232 valence electrons. The van der Waals surface area contributed by atoms with Gasteiger partial charge in [0.15, 0.2) is 16.6 Å². The third kappa shape index (κ3) is 8.89. The second-order valence-corrected chi connectivity index (χ2v) is 26.2. The molecule has 1 aliphatic heterocycles. The van der Waals surface area contributed by atoms with Crippen molar-refractivity contribution >= 4 is 40.2 Å². The molecule has 1 aliphatic rings. The van der Waals surface area contributed by atoms with Crippen LogP contribution in [0.4, 0.5) is 0 Å². The Kier molecular flexibility index (Phi) is 11.9. The summed E-state index contributed by atoms with van der Waals surface area (Å²) in [5, 5.41) is 16.3. The van der Waals surface area contributed by atoms with E-state index in [0.717, 1.165) is 9.79 Å². The number of thioether (sulfide) groups is 2. The number of aliphatic hydroxyl groups is 1. The van der Waals surface area contributed by atoms with Gasteiger partial charge in [0.05, 0.1) is 29.4 Å². The molecule has 0 aliphatic carbocycles. The third-order valence-electron chi connectivity index (χ3n) is 8.77. The number of ether oxygens (including phenoxy) is 1. The highest BCUT2D eigenvalue weighted by Gasteiger charge is 2.52. The summed E-state index contributed by atoms with van der Waals surface area (Å²) in [5.74, 6) is 0. The van der Waals surface area contributed by atoms with E-state index >= 15 is 0 Å². The van der Waals surface area contributed by atoms with Crippen LogP contribution in [0, 0.1) is 0 Å². The van der Waals surface area contributed by atoms with Gasteiger partial charge in [-0.05, 0) is 66.1 Å². The van der Waals surface area contributed by atoms with Crippen molar-refractivity contribution in [3.8, 4) is 0 Å². The Morgan fingerprint density at radius 2 is 1.31 bits per heavy atom. The maximum Gasteiger partial charge on any atom is 0.192 e. The second-order valence-electron chi connectivity index (χ2n) is 14.0. The molecule has 1 heterocycles. The molecule has 42 heavy (non-hydrogen) atoms.